The molecule has 0 bridgehead atoms. The summed E-state index contributed by atoms with van der Waals surface area (Å²) in [5, 5.41) is 9.07. The summed E-state index contributed by atoms with van der Waals surface area (Å²) in [5.74, 6) is 1.35. The van der Waals surface area contributed by atoms with Crippen molar-refractivity contribution in [3.63, 3.8) is 0 Å². The Hall–Kier alpha value is -0.150. The van der Waals surface area contributed by atoms with Gasteiger partial charge in [-0.3, -0.25) is 0 Å². The molecule has 60 valence electrons. The first-order chi connectivity index (χ1) is 5.24. The summed E-state index contributed by atoms with van der Waals surface area (Å²) in [4.78, 5) is 1.17. The van der Waals surface area contributed by atoms with Gasteiger partial charge in [-0.15, -0.1) is 11.8 Å². The van der Waals surface area contributed by atoms with Crippen LogP contribution >= 0.6 is 27.7 Å². The van der Waals surface area contributed by atoms with Crippen molar-refractivity contribution >= 4 is 27.7 Å². The molecule has 1 aromatic carbocycles. The molecule has 1 N–H and O–H groups in total. The molecule has 1 aromatic rings. The second kappa shape index (κ2) is 4.02. The van der Waals surface area contributed by atoms with Crippen LogP contribution in [0.15, 0.2) is 27.6 Å². The van der Waals surface area contributed by atoms with Crippen LogP contribution in [0.4, 0.5) is 0 Å². The highest BCUT2D eigenvalue weighted by atomic mass is 79.9. The van der Waals surface area contributed by atoms with Crippen molar-refractivity contribution in [3.05, 3.63) is 22.7 Å². The van der Waals surface area contributed by atoms with Gasteiger partial charge in [0.15, 0.2) is 0 Å². The lowest BCUT2D eigenvalue weighted by Crippen LogP contribution is -1.74. The third kappa shape index (κ3) is 2.42. The van der Waals surface area contributed by atoms with Crippen molar-refractivity contribution in [2.75, 3.05) is 5.75 Å². The smallest absolute Gasteiger partial charge is 0.116 e. The molecule has 0 aliphatic carbocycles. The highest BCUT2D eigenvalue weighted by Gasteiger charge is 1.98. The maximum Gasteiger partial charge on any atom is 0.116 e. The van der Waals surface area contributed by atoms with Gasteiger partial charge in [0.1, 0.15) is 5.75 Å². The number of hydrogen-bond donors (Lipinski definition) is 1. The normalized spacial score (nSPS) is 10.0. The van der Waals surface area contributed by atoms with Gasteiger partial charge in [0, 0.05) is 9.37 Å². The van der Waals surface area contributed by atoms with E-state index in [1.807, 2.05) is 6.07 Å². The van der Waals surface area contributed by atoms with Crippen LogP contribution in [-0.4, -0.2) is 10.9 Å². The van der Waals surface area contributed by atoms with E-state index in [-0.39, 0.29) is 0 Å². The Morgan fingerprint density at radius 2 is 2.27 bits per heavy atom. The van der Waals surface area contributed by atoms with Crippen LogP contribution < -0.4 is 0 Å². The largest absolute Gasteiger partial charge is 0.508 e. The predicted octanol–water partition coefficient (Wildman–Crippen LogP) is 3.27. The number of hydrogen-bond acceptors (Lipinski definition) is 2. The molecule has 1 rings (SSSR count). The average molecular weight is 233 g/mol. The van der Waals surface area contributed by atoms with Crippen LogP contribution in [-0.2, 0) is 0 Å². The number of phenolic OH excluding ortho intramolecular Hbond substituents is 1. The summed E-state index contributed by atoms with van der Waals surface area (Å²) >= 11 is 5.12. The van der Waals surface area contributed by atoms with E-state index in [4.69, 9.17) is 5.11 Å². The number of thioether (sulfide) groups is 1. The fourth-order valence-corrected chi connectivity index (χ4v) is 2.14. The maximum absolute atomic E-state index is 9.07. The van der Waals surface area contributed by atoms with E-state index in [0.29, 0.717) is 5.75 Å². The summed E-state index contributed by atoms with van der Waals surface area (Å²) in [6.07, 6.45) is 0. The molecule has 0 saturated heterocycles. The van der Waals surface area contributed by atoms with Crippen molar-refractivity contribution in [1.82, 2.24) is 0 Å². The lowest BCUT2D eigenvalue weighted by molar-refractivity contribution is 0.474. The summed E-state index contributed by atoms with van der Waals surface area (Å²) in [7, 11) is 0. The number of phenols is 1. The first-order valence-electron chi connectivity index (χ1n) is 3.35. The number of aromatic hydroxyl groups is 1. The molecule has 11 heavy (non-hydrogen) atoms. The van der Waals surface area contributed by atoms with Crippen LogP contribution in [0.1, 0.15) is 6.92 Å². The predicted molar refractivity (Wildman–Crippen MR) is 52.2 cm³/mol. The van der Waals surface area contributed by atoms with E-state index in [0.717, 1.165) is 10.2 Å². The monoisotopic (exact) mass is 232 g/mol. The van der Waals surface area contributed by atoms with Crippen molar-refractivity contribution < 1.29 is 5.11 Å². The van der Waals surface area contributed by atoms with Gasteiger partial charge in [0.25, 0.3) is 0 Å². The molecular weight excluding hydrogens is 224 g/mol. The minimum Gasteiger partial charge on any atom is -0.508 e. The Balaban J connectivity index is 2.90. The Morgan fingerprint density at radius 1 is 1.55 bits per heavy atom. The van der Waals surface area contributed by atoms with Crippen LogP contribution in [0.2, 0.25) is 0 Å². The van der Waals surface area contributed by atoms with Gasteiger partial charge in [-0.25, -0.2) is 0 Å². The summed E-state index contributed by atoms with van der Waals surface area (Å²) in [6.45, 7) is 2.10. The Morgan fingerprint density at radius 3 is 2.82 bits per heavy atom. The minimum absolute atomic E-state index is 0.303. The SMILES string of the molecule is CCSc1ccc(O)cc1Br. The molecule has 0 spiro atoms. The molecule has 0 aliphatic rings. The molecule has 0 aliphatic heterocycles. The molecule has 0 radical (unpaired) electrons. The average Bonchev–Trinajstić information content (AvgIpc) is 1.95. The van der Waals surface area contributed by atoms with Crippen LogP contribution in [0.3, 0.4) is 0 Å². The van der Waals surface area contributed by atoms with Crippen LogP contribution in [0.25, 0.3) is 0 Å². The van der Waals surface area contributed by atoms with E-state index in [2.05, 4.69) is 22.9 Å². The first-order valence-corrected chi connectivity index (χ1v) is 5.13. The third-order valence-electron chi connectivity index (χ3n) is 1.22. The highest BCUT2D eigenvalue weighted by Crippen LogP contribution is 2.29. The zero-order valence-electron chi connectivity index (χ0n) is 6.17. The van der Waals surface area contributed by atoms with Crippen molar-refractivity contribution in [1.29, 1.82) is 0 Å². The zero-order chi connectivity index (χ0) is 8.27. The molecule has 0 aromatic heterocycles. The fraction of sp³-hybridized carbons (Fsp3) is 0.250. The Bertz CT molecular complexity index is 250. The minimum atomic E-state index is 0.303. The molecule has 1 nitrogen and oxygen atoms in total. The standard InChI is InChI=1S/C8H9BrOS/c1-2-11-8-4-3-6(10)5-7(8)9/h3-5,10H,2H2,1H3. The van der Waals surface area contributed by atoms with Gasteiger partial charge in [0.05, 0.1) is 0 Å². The summed E-state index contributed by atoms with van der Waals surface area (Å²) in [5.41, 5.74) is 0. The maximum atomic E-state index is 9.07. The van der Waals surface area contributed by atoms with Gasteiger partial charge in [0.2, 0.25) is 0 Å². The van der Waals surface area contributed by atoms with Gasteiger partial charge in [-0.2, -0.15) is 0 Å². The summed E-state index contributed by atoms with van der Waals surface area (Å²) in [6, 6.07) is 5.31. The first kappa shape index (κ1) is 8.94. The summed E-state index contributed by atoms with van der Waals surface area (Å²) < 4.78 is 0.962. The van der Waals surface area contributed by atoms with E-state index in [9.17, 15) is 0 Å². The van der Waals surface area contributed by atoms with Crippen molar-refractivity contribution in [2.24, 2.45) is 0 Å². The highest BCUT2D eigenvalue weighted by molar-refractivity contribution is 9.10. The van der Waals surface area contributed by atoms with Crippen molar-refractivity contribution in [3.8, 4) is 5.75 Å². The molecule has 0 amide bonds. The Kier molecular flexibility index (Phi) is 3.27. The number of rotatable bonds is 2. The Labute approximate surface area is 78.9 Å². The van der Waals surface area contributed by atoms with Crippen LogP contribution in [0, 0.1) is 0 Å². The molecule has 0 atom stereocenters. The van der Waals surface area contributed by atoms with Crippen LogP contribution in [0.5, 0.6) is 5.75 Å². The fourth-order valence-electron chi connectivity index (χ4n) is 0.762. The molecule has 0 unspecified atom stereocenters. The lowest BCUT2D eigenvalue weighted by atomic mass is 10.3. The molecule has 0 heterocycles. The molecule has 0 saturated carbocycles. The molecule has 0 fully saturated rings. The van der Waals surface area contributed by atoms with E-state index < -0.39 is 0 Å². The topological polar surface area (TPSA) is 20.2 Å². The second-order valence-corrected chi connectivity index (χ2v) is 4.21. The van der Waals surface area contributed by atoms with Gasteiger partial charge in [-0.05, 0) is 39.9 Å². The third-order valence-corrected chi connectivity index (χ3v) is 3.09. The van der Waals surface area contributed by atoms with Gasteiger partial charge in [-0.1, -0.05) is 6.92 Å². The molecular formula is C8H9BrOS. The molecule has 3 heteroatoms. The lowest BCUT2D eigenvalue weighted by Gasteiger charge is -2.01. The van der Waals surface area contributed by atoms with E-state index in [1.54, 1.807) is 23.9 Å². The van der Waals surface area contributed by atoms with Gasteiger partial charge >= 0.3 is 0 Å². The zero-order valence-corrected chi connectivity index (χ0v) is 8.58. The van der Waals surface area contributed by atoms with Gasteiger partial charge < -0.3 is 5.11 Å². The van der Waals surface area contributed by atoms with Crippen molar-refractivity contribution in [2.45, 2.75) is 11.8 Å². The number of benzene rings is 1. The second-order valence-electron chi connectivity index (χ2n) is 2.05. The quantitative estimate of drug-likeness (QED) is 0.791. The number of halogens is 1. The van der Waals surface area contributed by atoms with E-state index >= 15 is 0 Å². The van der Waals surface area contributed by atoms with E-state index in [1.165, 1.54) is 4.90 Å².